The zero-order valence-electron chi connectivity index (χ0n) is 20.2. The van der Waals surface area contributed by atoms with Crippen molar-refractivity contribution in [2.24, 2.45) is 0 Å². The summed E-state index contributed by atoms with van der Waals surface area (Å²) in [5, 5.41) is 3.54. The van der Waals surface area contributed by atoms with Crippen LogP contribution in [0.4, 0.5) is 5.69 Å². The zero-order valence-corrected chi connectivity index (χ0v) is 22.6. The lowest BCUT2D eigenvalue weighted by Crippen LogP contribution is -2.54. The zero-order chi connectivity index (χ0) is 25.8. The number of halogens is 2. The van der Waals surface area contributed by atoms with E-state index in [4.69, 9.17) is 23.2 Å². The summed E-state index contributed by atoms with van der Waals surface area (Å²) in [4.78, 5) is 27.8. The van der Waals surface area contributed by atoms with Gasteiger partial charge in [-0.1, -0.05) is 47.0 Å². The van der Waals surface area contributed by atoms with Crippen LogP contribution in [0.25, 0.3) is 0 Å². The second-order valence-corrected chi connectivity index (χ2v) is 12.0. The van der Waals surface area contributed by atoms with Crippen molar-refractivity contribution in [3.8, 4) is 0 Å². The lowest BCUT2D eigenvalue weighted by atomic mass is 10.1. The third-order valence-electron chi connectivity index (χ3n) is 5.06. The molecule has 0 aliphatic rings. The fourth-order valence-corrected chi connectivity index (χ4v) is 4.60. The highest BCUT2D eigenvalue weighted by Gasteiger charge is 2.32. The number of nitrogens with one attached hydrogen (secondary N) is 1. The molecule has 0 aliphatic carbocycles. The first kappa shape index (κ1) is 28.0. The van der Waals surface area contributed by atoms with E-state index >= 15 is 0 Å². The fraction of sp³-hybridized carbons (Fsp3) is 0.417. The Bertz CT molecular complexity index is 1130. The molecule has 0 aromatic heterocycles. The predicted molar refractivity (Wildman–Crippen MR) is 138 cm³/mol. The van der Waals surface area contributed by atoms with Crippen LogP contribution in [0.5, 0.6) is 0 Å². The Morgan fingerprint density at radius 2 is 1.56 bits per heavy atom. The number of nitrogens with zero attached hydrogens (tertiary/aromatic N) is 2. The van der Waals surface area contributed by atoms with Gasteiger partial charge in [-0.3, -0.25) is 13.9 Å². The first-order valence-corrected chi connectivity index (χ1v) is 13.3. The van der Waals surface area contributed by atoms with Crippen LogP contribution in [0.15, 0.2) is 42.5 Å². The van der Waals surface area contributed by atoms with Crippen molar-refractivity contribution in [1.29, 1.82) is 0 Å². The number of carbonyl (C=O) groups is 2. The summed E-state index contributed by atoms with van der Waals surface area (Å²) in [7, 11) is -3.79. The maximum absolute atomic E-state index is 13.5. The SMILES string of the molecule is Cc1ccc(N(CC(=O)N(Cc2c(Cl)cccc2Cl)C(C)C(=O)NC(C)(C)C)S(C)(=O)=O)cc1. The van der Waals surface area contributed by atoms with Crippen molar-refractivity contribution in [1.82, 2.24) is 10.2 Å². The quantitative estimate of drug-likeness (QED) is 0.551. The first-order valence-electron chi connectivity index (χ1n) is 10.7. The van der Waals surface area contributed by atoms with Crippen LogP contribution in [0.1, 0.15) is 38.8 Å². The molecule has 1 unspecified atom stereocenters. The molecule has 2 aromatic carbocycles. The van der Waals surface area contributed by atoms with Gasteiger partial charge in [-0.25, -0.2) is 8.42 Å². The van der Waals surface area contributed by atoms with Gasteiger partial charge in [-0.2, -0.15) is 0 Å². The molecule has 2 rings (SSSR count). The van der Waals surface area contributed by atoms with Crippen LogP contribution in [0.3, 0.4) is 0 Å². The fourth-order valence-electron chi connectivity index (χ4n) is 3.24. The molecule has 0 saturated carbocycles. The molecule has 34 heavy (non-hydrogen) atoms. The third kappa shape index (κ3) is 7.61. The number of anilines is 1. The first-order chi connectivity index (χ1) is 15.6. The Labute approximate surface area is 212 Å². The van der Waals surface area contributed by atoms with Crippen LogP contribution in [0.2, 0.25) is 10.0 Å². The molecule has 7 nitrogen and oxygen atoms in total. The second-order valence-electron chi connectivity index (χ2n) is 9.24. The molecule has 0 aliphatic heterocycles. The Balaban J connectivity index is 2.46. The molecular weight excluding hydrogens is 497 g/mol. The van der Waals surface area contributed by atoms with Gasteiger partial charge in [0.05, 0.1) is 11.9 Å². The van der Waals surface area contributed by atoms with Gasteiger partial charge in [0.25, 0.3) is 0 Å². The summed E-state index contributed by atoms with van der Waals surface area (Å²) < 4.78 is 26.2. The highest BCUT2D eigenvalue weighted by molar-refractivity contribution is 7.92. The van der Waals surface area contributed by atoms with Crippen molar-refractivity contribution in [2.75, 3.05) is 17.1 Å². The van der Waals surface area contributed by atoms with Crippen molar-refractivity contribution >= 4 is 50.7 Å². The minimum Gasteiger partial charge on any atom is -0.350 e. The number of carbonyl (C=O) groups excluding carboxylic acids is 2. The van der Waals surface area contributed by atoms with E-state index in [1.165, 1.54) is 4.90 Å². The normalized spacial score (nSPS) is 12.7. The number of aryl methyl sites for hydroxylation is 1. The van der Waals surface area contributed by atoms with E-state index in [9.17, 15) is 18.0 Å². The summed E-state index contributed by atoms with van der Waals surface area (Å²) in [6.45, 7) is 8.40. The molecule has 0 bridgehead atoms. The topological polar surface area (TPSA) is 86.8 Å². The molecule has 0 fully saturated rings. The Morgan fingerprint density at radius 3 is 2.03 bits per heavy atom. The van der Waals surface area contributed by atoms with E-state index in [-0.39, 0.29) is 12.5 Å². The van der Waals surface area contributed by atoms with Crippen molar-refractivity contribution < 1.29 is 18.0 Å². The smallest absolute Gasteiger partial charge is 0.244 e. The molecule has 186 valence electrons. The van der Waals surface area contributed by atoms with Crippen LogP contribution in [-0.2, 0) is 26.2 Å². The number of hydrogen-bond donors (Lipinski definition) is 1. The van der Waals surface area contributed by atoms with Gasteiger partial charge in [0.2, 0.25) is 21.8 Å². The summed E-state index contributed by atoms with van der Waals surface area (Å²) in [6.07, 6.45) is 1.03. The van der Waals surface area contributed by atoms with Gasteiger partial charge in [0, 0.05) is 27.7 Å². The summed E-state index contributed by atoms with van der Waals surface area (Å²) in [5.74, 6) is -0.955. The number of benzene rings is 2. The molecule has 0 heterocycles. The largest absolute Gasteiger partial charge is 0.350 e. The monoisotopic (exact) mass is 527 g/mol. The van der Waals surface area contributed by atoms with Gasteiger partial charge in [0.1, 0.15) is 12.6 Å². The average Bonchev–Trinajstić information content (AvgIpc) is 2.70. The van der Waals surface area contributed by atoms with E-state index in [0.29, 0.717) is 21.3 Å². The minimum atomic E-state index is -3.79. The molecular formula is C24H31Cl2N3O4S. The van der Waals surface area contributed by atoms with Crippen LogP contribution in [-0.4, -0.2) is 49.5 Å². The van der Waals surface area contributed by atoms with E-state index in [1.807, 2.05) is 27.7 Å². The summed E-state index contributed by atoms with van der Waals surface area (Å²) in [5.41, 5.74) is 1.24. The Morgan fingerprint density at radius 1 is 1.03 bits per heavy atom. The molecule has 2 amide bonds. The van der Waals surface area contributed by atoms with Crippen LogP contribution >= 0.6 is 23.2 Å². The molecule has 0 spiro atoms. The van der Waals surface area contributed by atoms with Gasteiger partial charge < -0.3 is 10.2 Å². The number of rotatable bonds is 8. The summed E-state index contributed by atoms with van der Waals surface area (Å²) >= 11 is 12.7. The van der Waals surface area contributed by atoms with Gasteiger partial charge in [-0.15, -0.1) is 0 Å². The van der Waals surface area contributed by atoms with E-state index < -0.39 is 34.1 Å². The lowest BCUT2D eigenvalue weighted by molar-refractivity contribution is -0.140. The van der Waals surface area contributed by atoms with Crippen molar-refractivity contribution in [3.05, 3.63) is 63.6 Å². The molecule has 10 heteroatoms. The molecule has 2 aromatic rings. The maximum atomic E-state index is 13.5. The molecule has 1 N–H and O–H groups in total. The van der Waals surface area contributed by atoms with Gasteiger partial charge in [-0.05, 0) is 58.9 Å². The van der Waals surface area contributed by atoms with Gasteiger partial charge in [0.15, 0.2) is 0 Å². The van der Waals surface area contributed by atoms with E-state index in [0.717, 1.165) is 16.1 Å². The Hall–Kier alpha value is -2.29. The molecule has 0 saturated heterocycles. The van der Waals surface area contributed by atoms with E-state index in [2.05, 4.69) is 5.32 Å². The third-order valence-corrected chi connectivity index (χ3v) is 6.91. The highest BCUT2D eigenvalue weighted by Crippen LogP contribution is 2.27. The Kier molecular flexibility index (Phi) is 9.02. The number of amides is 2. The van der Waals surface area contributed by atoms with Crippen molar-refractivity contribution in [3.63, 3.8) is 0 Å². The average molecular weight is 529 g/mol. The molecule has 0 radical (unpaired) electrons. The summed E-state index contributed by atoms with van der Waals surface area (Å²) in [6, 6.07) is 10.8. The van der Waals surface area contributed by atoms with Crippen LogP contribution in [0, 0.1) is 6.92 Å². The highest BCUT2D eigenvalue weighted by atomic mass is 35.5. The van der Waals surface area contributed by atoms with E-state index in [1.54, 1.807) is 49.4 Å². The second kappa shape index (κ2) is 11.0. The lowest BCUT2D eigenvalue weighted by Gasteiger charge is -2.33. The van der Waals surface area contributed by atoms with Crippen LogP contribution < -0.4 is 9.62 Å². The number of sulfonamides is 1. The van der Waals surface area contributed by atoms with Gasteiger partial charge >= 0.3 is 0 Å². The predicted octanol–water partition coefficient (Wildman–Crippen LogP) is 4.40. The number of hydrogen-bond acceptors (Lipinski definition) is 4. The minimum absolute atomic E-state index is 0.0679. The molecule has 1 atom stereocenters. The maximum Gasteiger partial charge on any atom is 0.244 e. The van der Waals surface area contributed by atoms with Crippen molar-refractivity contribution in [2.45, 2.75) is 52.7 Å². The standard InChI is InChI=1S/C24H31Cl2N3O4S/c1-16-10-12-18(13-11-16)29(34(6,32)33)15-22(30)28(17(2)23(31)27-24(3,4)5)14-19-20(25)8-7-9-21(19)26/h7-13,17H,14-15H2,1-6H3,(H,27,31).